The smallest absolute Gasteiger partial charge is 0.134 e. The van der Waals surface area contributed by atoms with Crippen LogP contribution in [0.1, 0.15) is 32.3 Å². The lowest BCUT2D eigenvalue weighted by atomic mass is 10.0. The monoisotopic (exact) mass is 298 g/mol. The zero-order valence-corrected chi connectivity index (χ0v) is 11.9. The maximum Gasteiger partial charge on any atom is 0.134 e. The fraction of sp³-hybridized carbons (Fsp3) is 0.615. The molecule has 1 aliphatic rings. The SMILES string of the molecule is CC(C)C1CCCN1c1ncc(Br)cc1CO. The second-order valence-corrected chi connectivity index (χ2v) is 5.86. The van der Waals surface area contributed by atoms with Gasteiger partial charge in [0.25, 0.3) is 0 Å². The molecule has 0 radical (unpaired) electrons. The minimum atomic E-state index is 0.0447. The van der Waals surface area contributed by atoms with Gasteiger partial charge < -0.3 is 10.0 Å². The quantitative estimate of drug-likeness (QED) is 0.932. The molecule has 94 valence electrons. The maximum atomic E-state index is 9.44. The van der Waals surface area contributed by atoms with E-state index in [4.69, 9.17) is 0 Å². The second-order valence-electron chi connectivity index (χ2n) is 4.94. The fourth-order valence-electron chi connectivity index (χ4n) is 2.60. The molecule has 1 fully saturated rings. The zero-order chi connectivity index (χ0) is 12.4. The van der Waals surface area contributed by atoms with Crippen molar-refractivity contribution in [3.63, 3.8) is 0 Å². The summed E-state index contributed by atoms with van der Waals surface area (Å²) in [6.45, 7) is 5.59. The Bertz CT molecular complexity index is 395. The van der Waals surface area contributed by atoms with Crippen LogP contribution < -0.4 is 4.90 Å². The van der Waals surface area contributed by atoms with Gasteiger partial charge in [0.1, 0.15) is 5.82 Å². The molecule has 0 aliphatic carbocycles. The van der Waals surface area contributed by atoms with Gasteiger partial charge in [-0.3, -0.25) is 0 Å². The Hall–Kier alpha value is -0.610. The summed E-state index contributed by atoms with van der Waals surface area (Å²) in [5.74, 6) is 1.57. The molecule has 0 bridgehead atoms. The first kappa shape index (κ1) is 12.8. The lowest BCUT2D eigenvalue weighted by Gasteiger charge is -2.30. The van der Waals surface area contributed by atoms with E-state index >= 15 is 0 Å². The highest BCUT2D eigenvalue weighted by Gasteiger charge is 2.29. The summed E-state index contributed by atoms with van der Waals surface area (Å²) in [4.78, 5) is 6.83. The molecular weight excluding hydrogens is 280 g/mol. The molecule has 17 heavy (non-hydrogen) atoms. The Balaban J connectivity index is 2.32. The first-order valence-corrected chi connectivity index (χ1v) is 6.94. The van der Waals surface area contributed by atoms with E-state index in [-0.39, 0.29) is 6.61 Å². The van der Waals surface area contributed by atoms with Crippen LogP contribution in [0, 0.1) is 5.92 Å². The van der Waals surface area contributed by atoms with Gasteiger partial charge in [0.05, 0.1) is 6.61 Å². The summed E-state index contributed by atoms with van der Waals surface area (Å²) in [6, 6.07) is 2.51. The van der Waals surface area contributed by atoms with Crippen molar-refractivity contribution in [2.45, 2.75) is 39.3 Å². The van der Waals surface area contributed by atoms with E-state index in [1.165, 1.54) is 12.8 Å². The average molecular weight is 299 g/mol. The van der Waals surface area contributed by atoms with Crippen LogP contribution in [0.5, 0.6) is 0 Å². The number of halogens is 1. The van der Waals surface area contributed by atoms with Crippen LogP contribution in [0.25, 0.3) is 0 Å². The Morgan fingerprint density at radius 2 is 2.35 bits per heavy atom. The van der Waals surface area contributed by atoms with Crippen LogP contribution in [0.15, 0.2) is 16.7 Å². The molecule has 1 atom stereocenters. The molecule has 1 aliphatic heterocycles. The molecule has 0 aromatic carbocycles. The summed E-state index contributed by atoms with van der Waals surface area (Å²) in [5, 5.41) is 9.44. The van der Waals surface area contributed by atoms with E-state index in [0.29, 0.717) is 12.0 Å². The van der Waals surface area contributed by atoms with Gasteiger partial charge in [0.15, 0.2) is 0 Å². The molecule has 2 heterocycles. The van der Waals surface area contributed by atoms with Crippen molar-refractivity contribution in [2.75, 3.05) is 11.4 Å². The number of aliphatic hydroxyl groups is 1. The molecule has 0 saturated carbocycles. The van der Waals surface area contributed by atoms with Gasteiger partial charge in [-0.15, -0.1) is 0 Å². The van der Waals surface area contributed by atoms with Crippen LogP contribution in [0.3, 0.4) is 0 Å². The van der Waals surface area contributed by atoms with Gasteiger partial charge in [-0.2, -0.15) is 0 Å². The predicted molar refractivity (Wildman–Crippen MR) is 73.1 cm³/mol. The number of aliphatic hydroxyl groups excluding tert-OH is 1. The molecule has 2 rings (SSSR count). The third-order valence-electron chi connectivity index (χ3n) is 3.42. The summed E-state index contributed by atoms with van der Waals surface area (Å²) >= 11 is 3.40. The number of pyridine rings is 1. The molecule has 0 spiro atoms. The third kappa shape index (κ3) is 2.63. The average Bonchev–Trinajstić information content (AvgIpc) is 2.77. The Kier molecular flexibility index (Phi) is 4.05. The number of hydrogen-bond acceptors (Lipinski definition) is 3. The predicted octanol–water partition coefficient (Wildman–Crippen LogP) is 2.96. The standard InChI is InChI=1S/C13H19BrN2O/c1-9(2)12-4-3-5-16(12)13-10(8-17)6-11(14)7-15-13/h6-7,9,12,17H,3-5,8H2,1-2H3. The number of hydrogen-bond donors (Lipinski definition) is 1. The maximum absolute atomic E-state index is 9.44. The minimum Gasteiger partial charge on any atom is -0.392 e. The van der Waals surface area contributed by atoms with Crippen LogP contribution in [0.4, 0.5) is 5.82 Å². The van der Waals surface area contributed by atoms with Crippen molar-refractivity contribution in [2.24, 2.45) is 5.92 Å². The van der Waals surface area contributed by atoms with Gasteiger partial charge in [0.2, 0.25) is 0 Å². The number of nitrogens with zero attached hydrogens (tertiary/aromatic N) is 2. The number of aromatic nitrogens is 1. The Morgan fingerprint density at radius 3 is 3.00 bits per heavy atom. The third-order valence-corrected chi connectivity index (χ3v) is 3.85. The normalized spacial score (nSPS) is 20.3. The molecule has 1 saturated heterocycles. The van der Waals surface area contributed by atoms with Gasteiger partial charge in [-0.05, 0) is 40.8 Å². The highest BCUT2D eigenvalue weighted by molar-refractivity contribution is 9.10. The lowest BCUT2D eigenvalue weighted by Crippen LogP contribution is -2.34. The summed E-state index contributed by atoms with van der Waals surface area (Å²) in [5.41, 5.74) is 0.909. The highest BCUT2D eigenvalue weighted by atomic mass is 79.9. The number of rotatable bonds is 3. The topological polar surface area (TPSA) is 36.4 Å². The Labute approximate surface area is 111 Å². The van der Waals surface area contributed by atoms with E-state index in [9.17, 15) is 5.11 Å². The van der Waals surface area contributed by atoms with E-state index < -0.39 is 0 Å². The van der Waals surface area contributed by atoms with Crippen molar-refractivity contribution in [3.05, 3.63) is 22.3 Å². The first-order valence-electron chi connectivity index (χ1n) is 6.15. The highest BCUT2D eigenvalue weighted by Crippen LogP contribution is 2.31. The minimum absolute atomic E-state index is 0.0447. The molecule has 3 nitrogen and oxygen atoms in total. The van der Waals surface area contributed by atoms with Crippen LogP contribution in [0.2, 0.25) is 0 Å². The van der Waals surface area contributed by atoms with Crippen molar-refractivity contribution in [1.29, 1.82) is 0 Å². The molecule has 1 aromatic heterocycles. The van der Waals surface area contributed by atoms with Gasteiger partial charge >= 0.3 is 0 Å². The van der Waals surface area contributed by atoms with Crippen LogP contribution in [-0.4, -0.2) is 22.7 Å². The van der Waals surface area contributed by atoms with Crippen LogP contribution >= 0.6 is 15.9 Å². The van der Waals surface area contributed by atoms with Gasteiger partial charge in [-0.25, -0.2) is 4.98 Å². The number of anilines is 1. The van der Waals surface area contributed by atoms with E-state index in [2.05, 4.69) is 39.7 Å². The first-order chi connectivity index (χ1) is 8.13. The summed E-state index contributed by atoms with van der Waals surface area (Å²) in [7, 11) is 0. The summed E-state index contributed by atoms with van der Waals surface area (Å²) in [6.07, 6.45) is 4.25. The van der Waals surface area contributed by atoms with E-state index in [0.717, 1.165) is 22.4 Å². The van der Waals surface area contributed by atoms with Gasteiger partial charge in [-0.1, -0.05) is 13.8 Å². The molecule has 1 aromatic rings. The fourth-order valence-corrected chi connectivity index (χ4v) is 2.98. The van der Waals surface area contributed by atoms with Crippen molar-refractivity contribution in [1.82, 2.24) is 4.98 Å². The Morgan fingerprint density at radius 1 is 1.59 bits per heavy atom. The lowest BCUT2D eigenvalue weighted by molar-refractivity contribution is 0.281. The van der Waals surface area contributed by atoms with Gasteiger partial charge in [0, 0.05) is 28.8 Å². The second kappa shape index (κ2) is 5.36. The molecular formula is C13H19BrN2O. The van der Waals surface area contributed by atoms with E-state index in [1.807, 2.05) is 12.3 Å². The molecule has 0 amide bonds. The van der Waals surface area contributed by atoms with E-state index in [1.54, 1.807) is 0 Å². The van der Waals surface area contributed by atoms with Crippen molar-refractivity contribution < 1.29 is 5.11 Å². The molecule has 1 N–H and O–H groups in total. The molecule has 1 unspecified atom stereocenters. The van der Waals surface area contributed by atoms with Crippen molar-refractivity contribution >= 4 is 21.7 Å². The zero-order valence-electron chi connectivity index (χ0n) is 10.4. The van der Waals surface area contributed by atoms with Crippen LogP contribution in [-0.2, 0) is 6.61 Å². The van der Waals surface area contributed by atoms with Crippen molar-refractivity contribution in [3.8, 4) is 0 Å². The largest absolute Gasteiger partial charge is 0.392 e. The molecule has 4 heteroatoms. The summed E-state index contributed by atoms with van der Waals surface area (Å²) < 4.78 is 0.922.